The summed E-state index contributed by atoms with van der Waals surface area (Å²) in [5.74, 6) is 1.33. The molecule has 2 aromatic heterocycles. The van der Waals surface area contributed by atoms with Gasteiger partial charge >= 0.3 is 6.09 Å². The van der Waals surface area contributed by atoms with Gasteiger partial charge in [0, 0.05) is 47.1 Å². The molecule has 2 amide bonds. The van der Waals surface area contributed by atoms with Crippen LogP contribution < -0.4 is 0 Å². The topological polar surface area (TPSA) is 86.6 Å². The molecule has 2 bridgehead atoms. The molecule has 3 aromatic rings. The summed E-state index contributed by atoms with van der Waals surface area (Å²) in [5.41, 5.74) is 2.73. The number of rotatable bonds is 4. The van der Waals surface area contributed by atoms with Crippen LogP contribution in [-0.4, -0.2) is 62.0 Å². The van der Waals surface area contributed by atoms with Crippen LogP contribution in [0, 0.1) is 6.92 Å². The van der Waals surface area contributed by atoms with Crippen molar-refractivity contribution in [1.29, 1.82) is 0 Å². The van der Waals surface area contributed by atoms with Gasteiger partial charge in [0.2, 0.25) is 0 Å². The molecule has 5 atom stereocenters. The number of fused-ring (bicyclic) bond motifs is 3. The van der Waals surface area contributed by atoms with Gasteiger partial charge in [0.1, 0.15) is 10.7 Å². The second-order valence-electron chi connectivity index (χ2n) is 10.4. The van der Waals surface area contributed by atoms with Gasteiger partial charge in [-0.15, -0.1) is 11.3 Å². The van der Waals surface area contributed by atoms with E-state index in [2.05, 4.69) is 16.4 Å². The van der Waals surface area contributed by atoms with E-state index >= 15 is 0 Å². The normalized spacial score (nSPS) is 27.2. The van der Waals surface area contributed by atoms with Crippen LogP contribution in [0.25, 0.3) is 10.2 Å². The smallest absolute Gasteiger partial charge is 0.407 e. The maximum Gasteiger partial charge on any atom is 0.407 e. The second-order valence-corrected chi connectivity index (χ2v) is 11.7. The van der Waals surface area contributed by atoms with E-state index in [1.807, 2.05) is 26.1 Å². The van der Waals surface area contributed by atoms with E-state index in [4.69, 9.17) is 16.6 Å². The predicted molar refractivity (Wildman–Crippen MR) is 140 cm³/mol. The lowest BCUT2D eigenvalue weighted by Gasteiger charge is -2.30. The molecule has 5 unspecified atom stereocenters. The van der Waals surface area contributed by atoms with Gasteiger partial charge in [-0.3, -0.25) is 4.79 Å². The number of benzene rings is 1. The average Bonchev–Trinajstić information content (AvgIpc) is 3.36. The van der Waals surface area contributed by atoms with Crippen molar-refractivity contribution >= 4 is 45.2 Å². The van der Waals surface area contributed by atoms with Gasteiger partial charge in [0.25, 0.3) is 5.91 Å². The molecule has 1 aliphatic carbocycles. The molecule has 188 valence electrons. The van der Waals surface area contributed by atoms with Crippen LogP contribution in [0.2, 0.25) is 5.02 Å². The van der Waals surface area contributed by atoms with Gasteiger partial charge in [0.05, 0.1) is 5.69 Å². The van der Waals surface area contributed by atoms with Crippen LogP contribution in [0.4, 0.5) is 4.79 Å². The Hall–Kier alpha value is -2.71. The minimum Gasteiger partial charge on any atom is -0.465 e. The Labute approximate surface area is 219 Å². The molecule has 1 saturated carbocycles. The summed E-state index contributed by atoms with van der Waals surface area (Å²) < 4.78 is 0. The van der Waals surface area contributed by atoms with Gasteiger partial charge in [-0.2, -0.15) is 0 Å². The Bertz CT molecular complexity index is 1360. The van der Waals surface area contributed by atoms with Crippen molar-refractivity contribution < 1.29 is 14.7 Å². The standard InChI is InChI=1S/C27H29ClN4O3S/c1-14-29-24(20-9-10-36-25(20)30-14)22-13-21(22)19-8-3-15(11-23(19)28)26(33)31(2)17-6-4-16-5-7-18(12-17)32(16)27(34)35/h3,8-11,16-18,21-22H,4-7,12-13H2,1-2H3,(H,34,35). The molecule has 1 aromatic carbocycles. The monoisotopic (exact) mass is 524 g/mol. The number of hydrogen-bond donors (Lipinski definition) is 1. The van der Waals surface area contributed by atoms with Crippen molar-refractivity contribution in [3.63, 3.8) is 0 Å². The number of hydrogen-bond acceptors (Lipinski definition) is 5. The molecule has 2 aliphatic heterocycles. The highest BCUT2D eigenvalue weighted by atomic mass is 35.5. The highest BCUT2D eigenvalue weighted by molar-refractivity contribution is 7.16. The van der Waals surface area contributed by atoms with Gasteiger partial charge in [-0.25, -0.2) is 14.8 Å². The number of carbonyl (C=O) groups excluding carboxylic acids is 1. The third kappa shape index (κ3) is 4.04. The number of halogens is 1. The zero-order valence-corrected chi connectivity index (χ0v) is 21.9. The first kappa shape index (κ1) is 23.7. The largest absolute Gasteiger partial charge is 0.465 e. The number of nitrogens with zero attached hydrogens (tertiary/aromatic N) is 4. The molecule has 9 heteroatoms. The molecular weight excluding hydrogens is 496 g/mol. The van der Waals surface area contributed by atoms with E-state index in [0.717, 1.165) is 59.4 Å². The number of carboxylic acid groups (broad SMARTS) is 1. The zero-order chi connectivity index (χ0) is 25.1. The lowest BCUT2D eigenvalue weighted by Crippen LogP contribution is -2.42. The second kappa shape index (κ2) is 8.99. The molecule has 2 saturated heterocycles. The summed E-state index contributed by atoms with van der Waals surface area (Å²) in [5, 5.41) is 13.4. The summed E-state index contributed by atoms with van der Waals surface area (Å²) in [6, 6.07) is 7.86. The molecule has 3 fully saturated rings. The highest BCUT2D eigenvalue weighted by Crippen LogP contribution is 2.57. The van der Waals surface area contributed by atoms with Crippen LogP contribution >= 0.6 is 22.9 Å². The van der Waals surface area contributed by atoms with Crippen LogP contribution in [0.1, 0.15) is 77.8 Å². The fraction of sp³-hybridized carbons (Fsp3) is 0.481. The van der Waals surface area contributed by atoms with Crippen molar-refractivity contribution in [1.82, 2.24) is 19.8 Å². The van der Waals surface area contributed by atoms with E-state index in [1.54, 1.807) is 27.2 Å². The number of aromatic nitrogens is 2. The number of amides is 2. The fourth-order valence-corrected chi connectivity index (χ4v) is 7.54. The quantitative estimate of drug-likeness (QED) is 0.448. The van der Waals surface area contributed by atoms with Crippen LogP contribution in [0.3, 0.4) is 0 Å². The fourth-order valence-electron chi connectivity index (χ4n) is 6.40. The predicted octanol–water partition coefficient (Wildman–Crippen LogP) is 6.06. The molecule has 0 spiro atoms. The van der Waals surface area contributed by atoms with Crippen molar-refractivity contribution in [3.05, 3.63) is 57.3 Å². The lowest BCUT2D eigenvalue weighted by atomic mass is 9.95. The van der Waals surface area contributed by atoms with Crippen LogP contribution in [-0.2, 0) is 0 Å². The minimum absolute atomic E-state index is 0.00635. The van der Waals surface area contributed by atoms with E-state index in [1.165, 1.54) is 0 Å². The summed E-state index contributed by atoms with van der Waals surface area (Å²) in [6.07, 6.45) is 4.26. The number of aryl methyl sites for hydroxylation is 1. The molecule has 36 heavy (non-hydrogen) atoms. The minimum atomic E-state index is -0.838. The first-order valence-corrected chi connectivity index (χ1v) is 13.9. The SMILES string of the molecule is Cc1nc(C2CC2c2ccc(C(=O)N(C)C3CCC4CCC(C3)N4C(=O)O)cc2Cl)c2ccsc2n1. The van der Waals surface area contributed by atoms with E-state index in [-0.39, 0.29) is 30.0 Å². The third-order valence-corrected chi connectivity index (χ3v) is 9.47. The van der Waals surface area contributed by atoms with Gasteiger partial charge < -0.3 is 14.9 Å². The molecule has 4 heterocycles. The molecule has 6 rings (SSSR count). The van der Waals surface area contributed by atoms with Crippen molar-refractivity contribution in [3.8, 4) is 0 Å². The number of thiophene rings is 1. The summed E-state index contributed by atoms with van der Waals surface area (Å²) in [4.78, 5) is 38.9. The van der Waals surface area contributed by atoms with Gasteiger partial charge in [-0.1, -0.05) is 17.7 Å². The maximum atomic E-state index is 13.4. The Morgan fingerprint density at radius 1 is 1.08 bits per heavy atom. The molecule has 1 N–H and O–H groups in total. The van der Waals surface area contributed by atoms with Gasteiger partial charge in [-0.05, 0) is 80.5 Å². The number of carbonyl (C=O) groups is 2. The Morgan fingerprint density at radius 3 is 2.64 bits per heavy atom. The van der Waals surface area contributed by atoms with E-state index in [9.17, 15) is 14.7 Å². The van der Waals surface area contributed by atoms with Crippen molar-refractivity contribution in [2.24, 2.45) is 0 Å². The average molecular weight is 525 g/mol. The molecule has 7 nitrogen and oxygen atoms in total. The Kier molecular flexibility index (Phi) is 5.91. The zero-order valence-electron chi connectivity index (χ0n) is 20.4. The molecule has 0 radical (unpaired) electrons. The van der Waals surface area contributed by atoms with Crippen LogP contribution in [0.5, 0.6) is 0 Å². The summed E-state index contributed by atoms with van der Waals surface area (Å²) in [6.45, 7) is 1.93. The third-order valence-electron chi connectivity index (χ3n) is 8.34. The summed E-state index contributed by atoms with van der Waals surface area (Å²) >= 11 is 8.37. The Morgan fingerprint density at radius 2 is 1.86 bits per heavy atom. The maximum absolute atomic E-state index is 13.4. The lowest BCUT2D eigenvalue weighted by molar-refractivity contribution is 0.0704. The highest BCUT2D eigenvalue weighted by Gasteiger charge is 2.44. The first-order chi connectivity index (χ1) is 17.3. The Balaban J connectivity index is 1.18. The van der Waals surface area contributed by atoms with Crippen molar-refractivity contribution in [2.45, 2.75) is 75.4 Å². The summed E-state index contributed by atoms with van der Waals surface area (Å²) in [7, 11) is 1.83. The molecule has 3 aliphatic rings. The van der Waals surface area contributed by atoms with E-state index < -0.39 is 6.09 Å². The van der Waals surface area contributed by atoms with Crippen molar-refractivity contribution in [2.75, 3.05) is 7.05 Å². The first-order valence-electron chi connectivity index (χ1n) is 12.6. The van der Waals surface area contributed by atoms with Crippen LogP contribution in [0.15, 0.2) is 29.6 Å². The van der Waals surface area contributed by atoms with Gasteiger partial charge in [0.15, 0.2) is 0 Å². The molecular formula is C27H29ClN4O3S. The van der Waals surface area contributed by atoms with E-state index in [0.29, 0.717) is 22.9 Å².